The normalized spacial score (nSPS) is 26.0. The van der Waals surface area contributed by atoms with Crippen LogP contribution in [0.1, 0.15) is 30.6 Å². The van der Waals surface area contributed by atoms with Gasteiger partial charge in [0, 0.05) is 12.2 Å². The number of rotatable bonds is 1. The lowest BCUT2D eigenvalue weighted by Crippen LogP contribution is -2.17. The van der Waals surface area contributed by atoms with E-state index in [1.807, 2.05) is 0 Å². The molecule has 1 fully saturated rings. The van der Waals surface area contributed by atoms with E-state index in [-0.39, 0.29) is 6.04 Å². The van der Waals surface area contributed by atoms with Gasteiger partial charge in [0.15, 0.2) is 0 Å². The quantitative estimate of drug-likeness (QED) is 0.802. The number of nitrogens with one attached hydrogen (secondary N) is 1. The third kappa shape index (κ3) is 2.19. The second-order valence-corrected chi connectivity index (χ2v) is 4.17. The van der Waals surface area contributed by atoms with Crippen LogP contribution in [0.5, 0.6) is 0 Å². The van der Waals surface area contributed by atoms with Crippen molar-refractivity contribution in [2.45, 2.75) is 25.6 Å². The third-order valence-corrected chi connectivity index (χ3v) is 2.97. The highest BCUT2D eigenvalue weighted by atomic mass is 19.4. The first-order valence-corrected chi connectivity index (χ1v) is 5.25. The Labute approximate surface area is 91.9 Å². The summed E-state index contributed by atoms with van der Waals surface area (Å²) in [5, 5.41) is 3.26. The number of pyridine rings is 1. The Morgan fingerprint density at radius 2 is 2.12 bits per heavy atom. The van der Waals surface area contributed by atoms with Gasteiger partial charge in [-0.15, -0.1) is 0 Å². The van der Waals surface area contributed by atoms with Crippen molar-refractivity contribution in [3.05, 3.63) is 29.6 Å². The molecule has 1 saturated heterocycles. The highest BCUT2D eigenvalue weighted by Crippen LogP contribution is 2.31. The van der Waals surface area contributed by atoms with Gasteiger partial charge in [0.2, 0.25) is 0 Å². The molecule has 0 spiro atoms. The van der Waals surface area contributed by atoms with Crippen LogP contribution in [0.2, 0.25) is 0 Å². The molecule has 0 bridgehead atoms. The summed E-state index contributed by atoms with van der Waals surface area (Å²) >= 11 is 0. The molecule has 16 heavy (non-hydrogen) atoms. The summed E-state index contributed by atoms with van der Waals surface area (Å²) < 4.78 is 36.9. The zero-order valence-electron chi connectivity index (χ0n) is 8.88. The largest absolute Gasteiger partial charge is 0.433 e. The summed E-state index contributed by atoms with van der Waals surface area (Å²) in [7, 11) is 0. The van der Waals surface area contributed by atoms with Crippen molar-refractivity contribution in [3.8, 4) is 0 Å². The number of aromatic nitrogens is 1. The van der Waals surface area contributed by atoms with Crippen LogP contribution in [0, 0.1) is 5.92 Å². The van der Waals surface area contributed by atoms with Crippen LogP contribution < -0.4 is 5.32 Å². The highest BCUT2D eigenvalue weighted by Gasteiger charge is 2.33. The Morgan fingerprint density at radius 3 is 2.56 bits per heavy atom. The Balaban J connectivity index is 2.19. The van der Waals surface area contributed by atoms with Crippen molar-refractivity contribution in [1.29, 1.82) is 0 Å². The van der Waals surface area contributed by atoms with Crippen LogP contribution in [0.4, 0.5) is 13.2 Å². The molecule has 2 rings (SSSR count). The second-order valence-electron chi connectivity index (χ2n) is 4.17. The van der Waals surface area contributed by atoms with Gasteiger partial charge >= 0.3 is 6.18 Å². The van der Waals surface area contributed by atoms with Crippen molar-refractivity contribution < 1.29 is 13.2 Å². The molecule has 0 aromatic carbocycles. The molecule has 0 amide bonds. The van der Waals surface area contributed by atoms with Crippen molar-refractivity contribution in [1.82, 2.24) is 10.3 Å². The molecule has 5 heteroatoms. The van der Waals surface area contributed by atoms with Crippen LogP contribution in [0.15, 0.2) is 18.3 Å². The van der Waals surface area contributed by atoms with E-state index < -0.39 is 11.9 Å². The lowest BCUT2D eigenvalue weighted by atomic mass is 9.97. The third-order valence-electron chi connectivity index (χ3n) is 2.97. The van der Waals surface area contributed by atoms with E-state index in [1.165, 1.54) is 12.3 Å². The Hall–Kier alpha value is -1.10. The minimum absolute atomic E-state index is 0.134. The molecular formula is C11H13F3N2. The molecule has 2 atom stereocenters. The topological polar surface area (TPSA) is 24.9 Å². The molecule has 0 aliphatic carbocycles. The number of nitrogens with zero attached hydrogens (tertiary/aromatic N) is 1. The maximum Gasteiger partial charge on any atom is 0.433 e. The van der Waals surface area contributed by atoms with E-state index in [4.69, 9.17) is 0 Å². The van der Waals surface area contributed by atoms with Gasteiger partial charge in [0.25, 0.3) is 0 Å². The van der Waals surface area contributed by atoms with E-state index in [0.29, 0.717) is 5.92 Å². The van der Waals surface area contributed by atoms with Gasteiger partial charge in [-0.1, -0.05) is 13.0 Å². The summed E-state index contributed by atoms with van der Waals surface area (Å²) in [5.74, 6) is 0.443. The summed E-state index contributed by atoms with van der Waals surface area (Å²) in [5.41, 5.74) is -0.0000926. The zero-order chi connectivity index (χ0) is 11.8. The van der Waals surface area contributed by atoms with Gasteiger partial charge in [0.1, 0.15) is 5.69 Å². The van der Waals surface area contributed by atoms with Crippen molar-refractivity contribution in [3.63, 3.8) is 0 Å². The van der Waals surface area contributed by atoms with Crippen LogP contribution in [0.25, 0.3) is 0 Å². The summed E-state index contributed by atoms with van der Waals surface area (Å²) in [4.78, 5) is 3.46. The zero-order valence-corrected chi connectivity index (χ0v) is 8.88. The molecule has 1 aromatic rings. The Morgan fingerprint density at radius 1 is 1.38 bits per heavy atom. The van der Waals surface area contributed by atoms with Crippen molar-refractivity contribution >= 4 is 0 Å². The van der Waals surface area contributed by atoms with E-state index in [0.717, 1.165) is 24.6 Å². The van der Waals surface area contributed by atoms with Gasteiger partial charge in [-0.3, -0.25) is 4.98 Å². The molecule has 1 aromatic heterocycles. The average molecular weight is 230 g/mol. The molecular weight excluding hydrogens is 217 g/mol. The van der Waals surface area contributed by atoms with Gasteiger partial charge in [-0.2, -0.15) is 13.2 Å². The van der Waals surface area contributed by atoms with Crippen LogP contribution in [0.3, 0.4) is 0 Å². The molecule has 88 valence electrons. The smallest absolute Gasteiger partial charge is 0.310 e. The van der Waals surface area contributed by atoms with E-state index in [9.17, 15) is 13.2 Å². The van der Waals surface area contributed by atoms with Crippen LogP contribution >= 0.6 is 0 Å². The Kier molecular flexibility index (Phi) is 2.88. The summed E-state index contributed by atoms with van der Waals surface area (Å²) in [6.45, 7) is 3.00. The predicted molar refractivity (Wildman–Crippen MR) is 53.8 cm³/mol. The highest BCUT2D eigenvalue weighted by molar-refractivity contribution is 5.20. The van der Waals surface area contributed by atoms with E-state index in [1.54, 1.807) is 0 Å². The monoisotopic (exact) mass is 230 g/mol. The number of hydrogen-bond acceptors (Lipinski definition) is 2. The molecule has 1 aliphatic rings. The first kappa shape index (κ1) is 11.4. The summed E-state index contributed by atoms with van der Waals surface area (Å²) in [6, 6.07) is 2.69. The standard InChI is InChI=1S/C11H13F3N2/c1-7-4-5-15-10(7)8-2-3-9(16-6-8)11(12,13)14/h2-3,6-7,10,15H,4-5H2,1H3. The fraction of sp³-hybridized carbons (Fsp3) is 0.545. The fourth-order valence-electron chi connectivity index (χ4n) is 2.04. The van der Waals surface area contributed by atoms with Crippen molar-refractivity contribution in [2.75, 3.05) is 6.54 Å². The van der Waals surface area contributed by atoms with Gasteiger partial charge in [-0.25, -0.2) is 0 Å². The number of alkyl halides is 3. The minimum atomic E-state index is -4.35. The van der Waals surface area contributed by atoms with Gasteiger partial charge in [-0.05, 0) is 30.5 Å². The lowest BCUT2D eigenvalue weighted by Gasteiger charge is -2.16. The second kappa shape index (κ2) is 4.05. The molecule has 2 nitrogen and oxygen atoms in total. The Bertz CT molecular complexity index is 358. The molecule has 0 radical (unpaired) electrons. The average Bonchev–Trinajstić information content (AvgIpc) is 2.63. The van der Waals surface area contributed by atoms with Crippen LogP contribution in [-0.2, 0) is 6.18 Å². The molecule has 2 unspecified atom stereocenters. The molecule has 2 heterocycles. The molecule has 0 saturated carbocycles. The van der Waals surface area contributed by atoms with Crippen LogP contribution in [-0.4, -0.2) is 11.5 Å². The minimum Gasteiger partial charge on any atom is -0.310 e. The fourth-order valence-corrected chi connectivity index (χ4v) is 2.04. The van der Waals surface area contributed by atoms with Crippen molar-refractivity contribution in [2.24, 2.45) is 5.92 Å². The number of halogens is 3. The van der Waals surface area contributed by atoms with Gasteiger partial charge < -0.3 is 5.32 Å². The van der Waals surface area contributed by atoms with E-state index >= 15 is 0 Å². The first-order chi connectivity index (χ1) is 7.48. The lowest BCUT2D eigenvalue weighted by molar-refractivity contribution is -0.141. The maximum atomic E-state index is 12.3. The van der Waals surface area contributed by atoms with E-state index in [2.05, 4.69) is 17.2 Å². The molecule has 1 N–H and O–H groups in total. The SMILES string of the molecule is CC1CCNC1c1ccc(C(F)(F)F)nc1. The number of hydrogen-bond donors (Lipinski definition) is 1. The molecule has 1 aliphatic heterocycles. The summed E-state index contributed by atoms with van der Waals surface area (Å²) in [6.07, 6.45) is -1.98. The maximum absolute atomic E-state index is 12.3. The van der Waals surface area contributed by atoms with Gasteiger partial charge in [0.05, 0.1) is 0 Å². The predicted octanol–water partition coefficient (Wildman–Crippen LogP) is 2.77. The first-order valence-electron chi connectivity index (χ1n) is 5.25.